The van der Waals surface area contributed by atoms with Crippen LogP contribution in [0.25, 0.3) is 0 Å². The van der Waals surface area contributed by atoms with Gasteiger partial charge >= 0.3 is 6.09 Å². The Morgan fingerprint density at radius 1 is 1.05 bits per heavy atom. The standard InChI is InChI=1S/C17H30N2O3/c1-17(2,3)22-16(21)19-12-8-11-14(19)15(20)18(4)13-9-6-5-7-10-13/h13-14H,5-12H2,1-4H3. The van der Waals surface area contributed by atoms with E-state index in [1.807, 2.05) is 32.7 Å². The van der Waals surface area contributed by atoms with Gasteiger partial charge in [0.05, 0.1) is 0 Å². The summed E-state index contributed by atoms with van der Waals surface area (Å²) in [6.07, 6.45) is 7.09. The third kappa shape index (κ3) is 4.14. The Bertz CT molecular complexity index is 411. The van der Waals surface area contributed by atoms with E-state index in [2.05, 4.69) is 0 Å². The van der Waals surface area contributed by atoms with E-state index in [1.54, 1.807) is 4.90 Å². The third-order valence-electron chi connectivity index (χ3n) is 4.64. The number of hydrogen-bond donors (Lipinski definition) is 0. The fraction of sp³-hybridized carbons (Fsp3) is 0.882. The number of amides is 2. The van der Waals surface area contributed by atoms with E-state index in [0.29, 0.717) is 12.6 Å². The molecule has 1 atom stereocenters. The Labute approximate surface area is 134 Å². The zero-order chi connectivity index (χ0) is 16.3. The molecule has 1 saturated carbocycles. The first-order valence-electron chi connectivity index (χ1n) is 8.56. The molecule has 1 aliphatic carbocycles. The number of ether oxygens (including phenoxy) is 1. The van der Waals surface area contributed by atoms with Gasteiger partial charge in [0.2, 0.25) is 5.91 Å². The summed E-state index contributed by atoms with van der Waals surface area (Å²) < 4.78 is 5.44. The van der Waals surface area contributed by atoms with Gasteiger partial charge in [0.25, 0.3) is 0 Å². The fourth-order valence-corrected chi connectivity index (χ4v) is 3.45. The Hall–Kier alpha value is -1.26. The van der Waals surface area contributed by atoms with Gasteiger partial charge in [-0.05, 0) is 46.5 Å². The van der Waals surface area contributed by atoms with E-state index in [0.717, 1.165) is 25.7 Å². The highest BCUT2D eigenvalue weighted by atomic mass is 16.6. The molecular formula is C17H30N2O3. The first-order valence-corrected chi connectivity index (χ1v) is 8.56. The van der Waals surface area contributed by atoms with Gasteiger partial charge in [0, 0.05) is 19.6 Å². The van der Waals surface area contributed by atoms with Crippen LogP contribution in [0, 0.1) is 0 Å². The molecule has 5 heteroatoms. The Balaban J connectivity index is 1.99. The van der Waals surface area contributed by atoms with Crippen LogP contribution in [0.2, 0.25) is 0 Å². The predicted molar refractivity (Wildman–Crippen MR) is 85.6 cm³/mol. The van der Waals surface area contributed by atoms with Crippen molar-refractivity contribution in [3.8, 4) is 0 Å². The lowest BCUT2D eigenvalue weighted by molar-refractivity contribution is -0.137. The largest absolute Gasteiger partial charge is 0.444 e. The number of rotatable bonds is 2. The van der Waals surface area contributed by atoms with Crippen LogP contribution >= 0.6 is 0 Å². The minimum atomic E-state index is -0.525. The highest BCUT2D eigenvalue weighted by molar-refractivity contribution is 5.86. The monoisotopic (exact) mass is 310 g/mol. The molecule has 0 N–H and O–H groups in total. The van der Waals surface area contributed by atoms with Gasteiger partial charge in [-0.15, -0.1) is 0 Å². The quantitative estimate of drug-likeness (QED) is 0.787. The maximum atomic E-state index is 12.8. The van der Waals surface area contributed by atoms with Crippen molar-refractivity contribution in [2.24, 2.45) is 0 Å². The average Bonchev–Trinajstić information content (AvgIpc) is 2.94. The molecule has 0 radical (unpaired) electrons. The van der Waals surface area contributed by atoms with E-state index < -0.39 is 5.60 Å². The van der Waals surface area contributed by atoms with Crippen LogP contribution < -0.4 is 0 Å². The van der Waals surface area contributed by atoms with Crippen LogP contribution in [0.3, 0.4) is 0 Å². The van der Waals surface area contributed by atoms with E-state index in [9.17, 15) is 9.59 Å². The zero-order valence-electron chi connectivity index (χ0n) is 14.4. The second-order valence-electron chi connectivity index (χ2n) is 7.57. The first-order chi connectivity index (χ1) is 10.3. The van der Waals surface area contributed by atoms with Crippen LogP contribution in [0.5, 0.6) is 0 Å². The Kier molecular flexibility index (Phi) is 5.35. The number of likely N-dealkylation sites (N-methyl/N-ethyl adjacent to an activating group) is 1. The van der Waals surface area contributed by atoms with Crippen molar-refractivity contribution < 1.29 is 14.3 Å². The smallest absolute Gasteiger partial charge is 0.410 e. The van der Waals surface area contributed by atoms with Gasteiger partial charge in [-0.25, -0.2) is 4.79 Å². The molecule has 1 saturated heterocycles. The molecule has 22 heavy (non-hydrogen) atoms. The summed E-state index contributed by atoms with van der Waals surface area (Å²) in [5.41, 5.74) is -0.525. The van der Waals surface area contributed by atoms with Gasteiger partial charge in [-0.3, -0.25) is 9.69 Å². The summed E-state index contributed by atoms with van der Waals surface area (Å²) in [6, 6.07) is -0.0101. The van der Waals surface area contributed by atoms with Gasteiger partial charge in [-0.1, -0.05) is 19.3 Å². The second-order valence-corrected chi connectivity index (χ2v) is 7.57. The molecule has 126 valence electrons. The molecule has 2 amide bonds. The van der Waals surface area contributed by atoms with Gasteiger partial charge < -0.3 is 9.64 Å². The topological polar surface area (TPSA) is 49.9 Å². The maximum absolute atomic E-state index is 12.8. The summed E-state index contributed by atoms with van der Waals surface area (Å²) in [5, 5.41) is 0. The SMILES string of the molecule is CN(C(=O)C1CCCN1C(=O)OC(C)(C)C)C1CCCCC1. The summed E-state index contributed by atoms with van der Waals surface area (Å²) >= 11 is 0. The molecule has 1 heterocycles. The van der Waals surface area contributed by atoms with Crippen LogP contribution in [-0.2, 0) is 9.53 Å². The van der Waals surface area contributed by atoms with E-state index in [-0.39, 0.29) is 18.0 Å². The predicted octanol–water partition coefficient (Wildman–Crippen LogP) is 3.18. The number of carbonyl (C=O) groups excluding carboxylic acids is 2. The first kappa shape index (κ1) is 17.1. The lowest BCUT2D eigenvalue weighted by Crippen LogP contribution is -2.50. The van der Waals surface area contributed by atoms with Crippen molar-refractivity contribution in [1.29, 1.82) is 0 Å². The molecular weight excluding hydrogens is 280 g/mol. The summed E-state index contributed by atoms with van der Waals surface area (Å²) in [5.74, 6) is 0.0789. The van der Waals surface area contributed by atoms with Crippen LogP contribution in [0.4, 0.5) is 4.79 Å². The lowest BCUT2D eigenvalue weighted by Gasteiger charge is -2.35. The molecule has 0 bridgehead atoms. The highest BCUT2D eigenvalue weighted by Crippen LogP contribution is 2.26. The number of hydrogen-bond acceptors (Lipinski definition) is 3. The minimum absolute atomic E-state index is 0.0789. The second kappa shape index (κ2) is 6.88. The number of likely N-dealkylation sites (tertiary alicyclic amines) is 1. The van der Waals surface area contributed by atoms with Crippen molar-refractivity contribution in [1.82, 2.24) is 9.80 Å². The van der Waals surface area contributed by atoms with Crippen molar-refractivity contribution in [2.75, 3.05) is 13.6 Å². The molecule has 2 aliphatic rings. The average molecular weight is 310 g/mol. The highest BCUT2D eigenvalue weighted by Gasteiger charge is 2.39. The molecule has 1 unspecified atom stereocenters. The van der Waals surface area contributed by atoms with Crippen molar-refractivity contribution in [2.45, 2.75) is 83.4 Å². The number of nitrogens with zero attached hydrogens (tertiary/aromatic N) is 2. The van der Waals surface area contributed by atoms with Gasteiger partial charge in [-0.2, -0.15) is 0 Å². The van der Waals surface area contributed by atoms with Gasteiger partial charge in [0.1, 0.15) is 11.6 Å². The summed E-state index contributed by atoms with van der Waals surface area (Å²) in [4.78, 5) is 28.6. The molecule has 0 spiro atoms. The third-order valence-corrected chi connectivity index (χ3v) is 4.64. The van der Waals surface area contributed by atoms with E-state index in [1.165, 1.54) is 19.3 Å². The molecule has 0 aromatic rings. The van der Waals surface area contributed by atoms with E-state index >= 15 is 0 Å². The molecule has 1 aliphatic heterocycles. The maximum Gasteiger partial charge on any atom is 0.410 e. The lowest BCUT2D eigenvalue weighted by atomic mass is 9.94. The zero-order valence-corrected chi connectivity index (χ0v) is 14.4. The number of carbonyl (C=O) groups is 2. The van der Waals surface area contributed by atoms with Crippen LogP contribution in [-0.4, -0.2) is 53.1 Å². The summed E-state index contributed by atoms with van der Waals surface area (Å²) in [7, 11) is 1.89. The van der Waals surface area contributed by atoms with Gasteiger partial charge in [0.15, 0.2) is 0 Å². The van der Waals surface area contributed by atoms with Crippen molar-refractivity contribution in [3.05, 3.63) is 0 Å². The molecule has 2 fully saturated rings. The normalized spacial score (nSPS) is 23.5. The van der Waals surface area contributed by atoms with E-state index in [4.69, 9.17) is 4.74 Å². The summed E-state index contributed by atoms with van der Waals surface area (Å²) in [6.45, 7) is 6.17. The van der Waals surface area contributed by atoms with Crippen molar-refractivity contribution >= 4 is 12.0 Å². The fourth-order valence-electron chi connectivity index (χ4n) is 3.45. The Morgan fingerprint density at radius 3 is 2.27 bits per heavy atom. The molecule has 0 aromatic carbocycles. The molecule has 5 nitrogen and oxygen atoms in total. The van der Waals surface area contributed by atoms with Crippen molar-refractivity contribution in [3.63, 3.8) is 0 Å². The Morgan fingerprint density at radius 2 is 1.68 bits per heavy atom. The minimum Gasteiger partial charge on any atom is -0.444 e. The molecule has 0 aromatic heterocycles. The van der Waals surface area contributed by atoms with Crippen LogP contribution in [0.1, 0.15) is 65.7 Å². The van der Waals surface area contributed by atoms with Crippen LogP contribution in [0.15, 0.2) is 0 Å². The molecule has 2 rings (SSSR count).